The number of nitrogens with zero attached hydrogens (tertiary/aromatic N) is 5. The first-order valence-corrected chi connectivity index (χ1v) is 9.38. The largest absolute Gasteiger partial charge is 0.308 e. The summed E-state index contributed by atoms with van der Waals surface area (Å²) in [6, 6.07) is 5.93. The summed E-state index contributed by atoms with van der Waals surface area (Å²) in [5.74, 6) is -0.643. The predicted octanol–water partition coefficient (Wildman–Crippen LogP) is 4.09. The van der Waals surface area contributed by atoms with Crippen molar-refractivity contribution in [2.45, 2.75) is 32.7 Å². The van der Waals surface area contributed by atoms with Crippen molar-refractivity contribution in [3.8, 4) is 5.69 Å². The molecule has 3 aromatic rings. The van der Waals surface area contributed by atoms with Gasteiger partial charge in [0.1, 0.15) is 18.1 Å². The molecule has 1 amide bonds. The fourth-order valence-electron chi connectivity index (χ4n) is 3.47. The van der Waals surface area contributed by atoms with Gasteiger partial charge in [-0.15, -0.1) is 0 Å². The molecule has 0 fully saturated rings. The van der Waals surface area contributed by atoms with Crippen LogP contribution in [0.25, 0.3) is 5.69 Å². The number of hydrogen-bond donors (Lipinski definition) is 0. The second-order valence-electron chi connectivity index (χ2n) is 6.76. The van der Waals surface area contributed by atoms with Crippen LogP contribution in [-0.4, -0.2) is 32.0 Å². The average molecular weight is 424 g/mol. The zero-order valence-corrected chi connectivity index (χ0v) is 16.2. The Morgan fingerprint density at radius 2 is 2.00 bits per heavy atom. The number of benzene rings is 1. The standard InChI is InChI=1S/C19H17ClF3N5O/c1-11-17(20)18(19(22)23)25-27(11)10-16(29)26-8-2-3-14-15(26)9-24-28(14)13-6-4-12(21)5-7-13/h4-7,9,19H,2-3,8,10H2,1H3. The maximum absolute atomic E-state index is 13.2. The van der Waals surface area contributed by atoms with Gasteiger partial charge in [-0.3, -0.25) is 9.48 Å². The highest BCUT2D eigenvalue weighted by Crippen LogP contribution is 2.31. The van der Waals surface area contributed by atoms with E-state index in [4.69, 9.17) is 11.6 Å². The minimum Gasteiger partial charge on any atom is -0.308 e. The van der Waals surface area contributed by atoms with Crippen molar-refractivity contribution in [2.24, 2.45) is 0 Å². The van der Waals surface area contributed by atoms with E-state index in [1.165, 1.54) is 16.8 Å². The van der Waals surface area contributed by atoms with Crippen molar-refractivity contribution in [1.82, 2.24) is 19.6 Å². The molecule has 0 spiro atoms. The minimum atomic E-state index is -2.81. The number of halogens is 4. The van der Waals surface area contributed by atoms with E-state index in [0.29, 0.717) is 36.5 Å². The van der Waals surface area contributed by atoms with Crippen molar-refractivity contribution >= 4 is 23.2 Å². The van der Waals surface area contributed by atoms with E-state index >= 15 is 0 Å². The molecular formula is C19H17ClF3N5O. The molecule has 152 valence electrons. The number of anilines is 1. The van der Waals surface area contributed by atoms with Crippen molar-refractivity contribution in [2.75, 3.05) is 11.4 Å². The lowest BCUT2D eigenvalue weighted by Gasteiger charge is -2.27. The number of carbonyl (C=O) groups excluding carboxylic acids is 1. The zero-order chi connectivity index (χ0) is 20.7. The molecule has 1 aliphatic heterocycles. The molecule has 29 heavy (non-hydrogen) atoms. The molecule has 1 aliphatic rings. The van der Waals surface area contributed by atoms with E-state index in [1.807, 2.05) is 0 Å². The van der Waals surface area contributed by atoms with Gasteiger partial charge in [0.2, 0.25) is 5.91 Å². The van der Waals surface area contributed by atoms with Crippen LogP contribution in [0, 0.1) is 12.7 Å². The SMILES string of the molecule is Cc1c(Cl)c(C(F)F)nn1CC(=O)N1CCCc2c1cnn2-c1ccc(F)cc1. The number of carbonyl (C=O) groups is 1. The smallest absolute Gasteiger partial charge is 0.283 e. The molecular weight excluding hydrogens is 407 g/mol. The second kappa shape index (κ2) is 7.55. The fourth-order valence-corrected chi connectivity index (χ4v) is 3.69. The molecule has 10 heteroatoms. The van der Waals surface area contributed by atoms with E-state index in [-0.39, 0.29) is 23.3 Å². The third-order valence-corrected chi connectivity index (χ3v) is 5.42. The summed E-state index contributed by atoms with van der Waals surface area (Å²) in [6.45, 7) is 1.82. The van der Waals surface area contributed by atoms with Crippen molar-refractivity contribution in [1.29, 1.82) is 0 Å². The van der Waals surface area contributed by atoms with Gasteiger partial charge in [-0.2, -0.15) is 10.2 Å². The highest BCUT2D eigenvalue weighted by molar-refractivity contribution is 6.31. The molecule has 0 N–H and O–H groups in total. The highest BCUT2D eigenvalue weighted by Gasteiger charge is 2.28. The predicted molar refractivity (Wildman–Crippen MR) is 101 cm³/mol. The number of hydrogen-bond acceptors (Lipinski definition) is 3. The van der Waals surface area contributed by atoms with Crippen LogP contribution in [0.5, 0.6) is 0 Å². The number of alkyl halides is 2. The van der Waals surface area contributed by atoms with Crippen molar-refractivity contribution in [3.63, 3.8) is 0 Å². The van der Waals surface area contributed by atoms with Crippen LogP contribution in [0.4, 0.5) is 18.9 Å². The third kappa shape index (κ3) is 3.50. The minimum absolute atomic E-state index is 0.128. The molecule has 0 bridgehead atoms. The maximum Gasteiger partial charge on any atom is 0.283 e. The first kappa shape index (κ1) is 19.5. The van der Waals surface area contributed by atoms with Crippen molar-refractivity contribution < 1.29 is 18.0 Å². The molecule has 1 aromatic carbocycles. The van der Waals surface area contributed by atoms with Gasteiger partial charge in [0.05, 0.1) is 34.0 Å². The summed E-state index contributed by atoms with van der Waals surface area (Å²) in [5.41, 5.74) is 1.96. The van der Waals surface area contributed by atoms with E-state index in [9.17, 15) is 18.0 Å². The summed E-state index contributed by atoms with van der Waals surface area (Å²) in [5, 5.41) is 8.02. The second-order valence-corrected chi connectivity index (χ2v) is 7.13. The first-order chi connectivity index (χ1) is 13.9. The zero-order valence-electron chi connectivity index (χ0n) is 15.4. The molecule has 0 unspecified atom stereocenters. The van der Waals surface area contributed by atoms with Crippen LogP contribution in [-0.2, 0) is 17.8 Å². The maximum atomic E-state index is 13.2. The van der Waals surface area contributed by atoms with Crippen LogP contribution >= 0.6 is 11.6 Å². The summed E-state index contributed by atoms with van der Waals surface area (Å²) in [4.78, 5) is 14.5. The van der Waals surface area contributed by atoms with Gasteiger partial charge in [-0.1, -0.05) is 11.6 Å². The normalized spacial score (nSPS) is 13.8. The molecule has 0 atom stereocenters. The number of aromatic nitrogens is 4. The molecule has 3 heterocycles. The van der Waals surface area contributed by atoms with Gasteiger partial charge in [-0.25, -0.2) is 17.9 Å². The molecule has 0 aliphatic carbocycles. The van der Waals surface area contributed by atoms with Gasteiger partial charge in [0.25, 0.3) is 6.43 Å². The highest BCUT2D eigenvalue weighted by atomic mass is 35.5. The summed E-state index contributed by atoms with van der Waals surface area (Å²) in [6.07, 6.45) is 0.197. The van der Waals surface area contributed by atoms with E-state index < -0.39 is 12.1 Å². The molecule has 2 aromatic heterocycles. The van der Waals surface area contributed by atoms with E-state index in [0.717, 1.165) is 5.69 Å². The molecule has 6 nitrogen and oxygen atoms in total. The monoisotopic (exact) mass is 423 g/mol. The Bertz CT molecular complexity index is 1060. The molecule has 0 saturated carbocycles. The molecule has 0 radical (unpaired) electrons. The molecule has 4 rings (SSSR count). The fraction of sp³-hybridized carbons (Fsp3) is 0.316. The lowest BCUT2D eigenvalue weighted by Crippen LogP contribution is -2.38. The number of amides is 1. The molecule has 0 saturated heterocycles. The lowest BCUT2D eigenvalue weighted by atomic mass is 10.1. The third-order valence-electron chi connectivity index (χ3n) is 4.96. The Hall–Kier alpha value is -2.81. The van der Waals surface area contributed by atoms with Crippen molar-refractivity contribution in [3.05, 3.63) is 58.4 Å². The van der Waals surface area contributed by atoms with Gasteiger partial charge in [0, 0.05) is 6.54 Å². The Kier molecular flexibility index (Phi) is 5.08. The van der Waals surface area contributed by atoms with Gasteiger partial charge >= 0.3 is 0 Å². The Labute approximate surface area is 169 Å². The van der Waals surface area contributed by atoms with Gasteiger partial charge < -0.3 is 4.90 Å². The summed E-state index contributed by atoms with van der Waals surface area (Å²) < 4.78 is 42.1. The van der Waals surface area contributed by atoms with Crippen LogP contribution < -0.4 is 4.90 Å². The summed E-state index contributed by atoms with van der Waals surface area (Å²) >= 11 is 5.91. The van der Waals surface area contributed by atoms with E-state index in [1.54, 1.807) is 34.8 Å². The Morgan fingerprint density at radius 1 is 1.28 bits per heavy atom. The van der Waals surface area contributed by atoms with E-state index in [2.05, 4.69) is 10.2 Å². The average Bonchev–Trinajstić information content (AvgIpc) is 3.25. The summed E-state index contributed by atoms with van der Waals surface area (Å²) in [7, 11) is 0. The number of rotatable bonds is 4. The van der Waals surface area contributed by atoms with Gasteiger partial charge in [0.15, 0.2) is 0 Å². The quantitative estimate of drug-likeness (QED) is 0.635. The van der Waals surface area contributed by atoms with Crippen LogP contribution in [0.2, 0.25) is 5.02 Å². The van der Waals surface area contributed by atoms with Gasteiger partial charge in [-0.05, 0) is 44.0 Å². The van der Waals surface area contributed by atoms with Crippen LogP contribution in [0.3, 0.4) is 0 Å². The van der Waals surface area contributed by atoms with Crippen LogP contribution in [0.1, 0.15) is 29.9 Å². The topological polar surface area (TPSA) is 56.0 Å². The number of fused-ring (bicyclic) bond motifs is 1. The first-order valence-electron chi connectivity index (χ1n) is 9.01. The lowest BCUT2D eigenvalue weighted by molar-refractivity contribution is -0.119. The Balaban J connectivity index is 1.61. The van der Waals surface area contributed by atoms with Crippen LogP contribution in [0.15, 0.2) is 30.5 Å². The Morgan fingerprint density at radius 3 is 2.66 bits per heavy atom.